The van der Waals surface area contributed by atoms with E-state index in [2.05, 4.69) is 50.9 Å². The van der Waals surface area contributed by atoms with Crippen molar-refractivity contribution < 1.29 is 4.79 Å². The molecule has 1 heterocycles. The van der Waals surface area contributed by atoms with Crippen LogP contribution >= 0.6 is 24.0 Å². The number of hydrogen-bond donors (Lipinski definition) is 2. The van der Waals surface area contributed by atoms with Gasteiger partial charge in [-0.2, -0.15) is 0 Å². The van der Waals surface area contributed by atoms with Crippen LogP contribution < -0.4 is 10.6 Å². The molecule has 5 nitrogen and oxygen atoms in total. The number of carbonyl (C=O) groups is 1. The average Bonchev–Trinajstić information content (AvgIpc) is 3.13. The molecule has 4 rings (SSSR count). The molecular formula is C23H35IN4O. The summed E-state index contributed by atoms with van der Waals surface area (Å²) in [6.07, 6.45) is 9.29. The molecule has 0 spiro atoms. The van der Waals surface area contributed by atoms with Gasteiger partial charge in [-0.25, -0.2) is 0 Å². The number of benzene rings is 1. The van der Waals surface area contributed by atoms with E-state index in [1.165, 1.54) is 31.2 Å². The number of likely N-dealkylation sites (tertiary alicyclic amines) is 1. The summed E-state index contributed by atoms with van der Waals surface area (Å²) >= 11 is 0. The summed E-state index contributed by atoms with van der Waals surface area (Å²) in [6, 6.07) is 11.1. The molecule has 1 aromatic rings. The van der Waals surface area contributed by atoms with Crippen LogP contribution in [0.3, 0.4) is 0 Å². The lowest BCUT2D eigenvalue weighted by Crippen LogP contribution is -2.47. The number of halogens is 1. The van der Waals surface area contributed by atoms with Crippen molar-refractivity contribution in [3.8, 4) is 0 Å². The largest absolute Gasteiger partial charge is 0.356 e. The molecule has 1 aromatic carbocycles. The fourth-order valence-electron chi connectivity index (χ4n) is 4.79. The molecular weight excluding hydrogens is 475 g/mol. The van der Waals surface area contributed by atoms with Crippen LogP contribution in [0.5, 0.6) is 0 Å². The van der Waals surface area contributed by atoms with Crippen LogP contribution in [0.2, 0.25) is 0 Å². The van der Waals surface area contributed by atoms with E-state index in [9.17, 15) is 4.79 Å². The monoisotopic (exact) mass is 510 g/mol. The molecule has 2 saturated carbocycles. The van der Waals surface area contributed by atoms with Gasteiger partial charge in [0.1, 0.15) is 0 Å². The van der Waals surface area contributed by atoms with Gasteiger partial charge in [0.05, 0.1) is 0 Å². The van der Waals surface area contributed by atoms with E-state index in [1.807, 2.05) is 7.05 Å². The molecule has 1 saturated heterocycles. The second-order valence-corrected chi connectivity index (χ2v) is 8.98. The summed E-state index contributed by atoms with van der Waals surface area (Å²) in [4.78, 5) is 19.1. The van der Waals surface area contributed by atoms with Crippen LogP contribution in [0.15, 0.2) is 35.3 Å². The molecule has 6 heteroatoms. The number of nitrogens with one attached hydrogen (secondary N) is 2. The predicted octanol–water partition coefficient (Wildman–Crippen LogP) is 3.58. The minimum atomic E-state index is 0. The van der Waals surface area contributed by atoms with Gasteiger partial charge >= 0.3 is 0 Å². The number of carbonyl (C=O) groups excluding carboxylic acids is 1. The molecule has 1 amide bonds. The van der Waals surface area contributed by atoms with Crippen LogP contribution in [0.1, 0.15) is 50.5 Å². The lowest BCUT2D eigenvalue weighted by molar-refractivity contribution is -0.134. The summed E-state index contributed by atoms with van der Waals surface area (Å²) in [5, 5.41) is 7.10. The van der Waals surface area contributed by atoms with E-state index >= 15 is 0 Å². The van der Waals surface area contributed by atoms with Gasteiger partial charge in [0.15, 0.2) is 5.96 Å². The molecule has 0 radical (unpaired) electrons. The molecule has 1 aliphatic heterocycles. The Morgan fingerprint density at radius 3 is 2.55 bits per heavy atom. The fraction of sp³-hybridized carbons (Fsp3) is 0.652. The second-order valence-electron chi connectivity index (χ2n) is 8.98. The van der Waals surface area contributed by atoms with E-state index in [1.54, 1.807) is 0 Å². The quantitative estimate of drug-likeness (QED) is 0.350. The van der Waals surface area contributed by atoms with E-state index < -0.39 is 0 Å². The molecule has 2 N–H and O–H groups in total. The first kappa shape index (κ1) is 22.4. The van der Waals surface area contributed by atoms with E-state index in [4.69, 9.17) is 0 Å². The molecule has 160 valence electrons. The number of aliphatic imine (C=N–C) groups is 1. The first-order chi connectivity index (χ1) is 13.7. The number of guanidine groups is 1. The first-order valence-corrected chi connectivity index (χ1v) is 11.0. The zero-order chi connectivity index (χ0) is 19.4. The van der Waals surface area contributed by atoms with E-state index in [0.29, 0.717) is 17.4 Å². The molecule has 3 aliphatic rings. The number of rotatable bonds is 6. The summed E-state index contributed by atoms with van der Waals surface area (Å²) < 4.78 is 0. The molecule has 3 fully saturated rings. The highest BCUT2D eigenvalue weighted by Crippen LogP contribution is 2.47. The second kappa shape index (κ2) is 10.1. The van der Waals surface area contributed by atoms with Gasteiger partial charge in [-0.1, -0.05) is 43.2 Å². The lowest BCUT2D eigenvalue weighted by atomic mass is 9.96. The van der Waals surface area contributed by atoms with Gasteiger partial charge < -0.3 is 15.5 Å². The topological polar surface area (TPSA) is 56.7 Å². The molecule has 0 bridgehead atoms. The zero-order valence-corrected chi connectivity index (χ0v) is 19.9. The normalized spacial score (nSPS) is 23.6. The highest BCUT2D eigenvalue weighted by molar-refractivity contribution is 14.0. The Balaban J connectivity index is 0.00000240. The van der Waals surface area contributed by atoms with Crippen molar-refractivity contribution in [2.24, 2.45) is 16.3 Å². The van der Waals surface area contributed by atoms with Crippen LogP contribution in [0.4, 0.5) is 0 Å². The van der Waals surface area contributed by atoms with Gasteiger partial charge in [0.25, 0.3) is 0 Å². The van der Waals surface area contributed by atoms with Gasteiger partial charge in [0, 0.05) is 38.6 Å². The van der Waals surface area contributed by atoms with Crippen LogP contribution in [-0.4, -0.2) is 49.5 Å². The van der Waals surface area contributed by atoms with Crippen molar-refractivity contribution in [3.63, 3.8) is 0 Å². The van der Waals surface area contributed by atoms with Crippen molar-refractivity contribution in [1.82, 2.24) is 15.5 Å². The Hall–Kier alpha value is -1.31. The maximum absolute atomic E-state index is 12.6. The van der Waals surface area contributed by atoms with E-state index in [0.717, 1.165) is 51.3 Å². The van der Waals surface area contributed by atoms with Gasteiger partial charge in [-0.3, -0.25) is 9.79 Å². The SMILES string of the molecule is CN=C(NCC1(Cc2ccccc2)CC1)NC1CCN(C(=O)C2CCCC2)C1.I. The number of amides is 1. The third-order valence-corrected chi connectivity index (χ3v) is 6.78. The highest BCUT2D eigenvalue weighted by Gasteiger charge is 2.42. The van der Waals surface area contributed by atoms with Gasteiger partial charge in [-0.15, -0.1) is 24.0 Å². The van der Waals surface area contributed by atoms with Crippen molar-refractivity contribution in [2.75, 3.05) is 26.7 Å². The lowest BCUT2D eigenvalue weighted by Gasteiger charge is -2.23. The molecule has 1 atom stereocenters. The summed E-state index contributed by atoms with van der Waals surface area (Å²) in [5.41, 5.74) is 1.79. The third kappa shape index (κ3) is 5.86. The average molecular weight is 510 g/mol. The smallest absolute Gasteiger partial charge is 0.225 e. The van der Waals surface area contributed by atoms with Crippen molar-refractivity contribution >= 4 is 35.8 Å². The number of hydrogen-bond acceptors (Lipinski definition) is 2. The number of nitrogens with zero attached hydrogens (tertiary/aromatic N) is 2. The van der Waals surface area contributed by atoms with Gasteiger partial charge in [0.2, 0.25) is 5.91 Å². The minimum absolute atomic E-state index is 0. The van der Waals surface area contributed by atoms with E-state index in [-0.39, 0.29) is 29.9 Å². The Bertz CT molecular complexity index is 698. The predicted molar refractivity (Wildman–Crippen MR) is 129 cm³/mol. The minimum Gasteiger partial charge on any atom is -0.356 e. The highest BCUT2D eigenvalue weighted by atomic mass is 127. The Labute approximate surface area is 192 Å². The Kier molecular flexibility index (Phi) is 7.82. The fourth-order valence-corrected chi connectivity index (χ4v) is 4.79. The summed E-state index contributed by atoms with van der Waals surface area (Å²) in [6.45, 7) is 2.64. The summed E-state index contributed by atoms with van der Waals surface area (Å²) in [7, 11) is 1.84. The first-order valence-electron chi connectivity index (χ1n) is 11.0. The Morgan fingerprint density at radius 2 is 1.90 bits per heavy atom. The zero-order valence-electron chi connectivity index (χ0n) is 17.5. The maximum Gasteiger partial charge on any atom is 0.225 e. The molecule has 2 aliphatic carbocycles. The maximum atomic E-state index is 12.6. The third-order valence-electron chi connectivity index (χ3n) is 6.78. The summed E-state index contributed by atoms with van der Waals surface area (Å²) in [5.74, 6) is 1.54. The van der Waals surface area contributed by atoms with Crippen LogP contribution in [0, 0.1) is 11.3 Å². The van der Waals surface area contributed by atoms with Crippen LogP contribution in [-0.2, 0) is 11.2 Å². The van der Waals surface area contributed by atoms with Gasteiger partial charge in [-0.05, 0) is 49.5 Å². The van der Waals surface area contributed by atoms with Crippen LogP contribution in [0.25, 0.3) is 0 Å². The molecule has 0 aromatic heterocycles. The van der Waals surface area contributed by atoms with Crippen molar-refractivity contribution in [3.05, 3.63) is 35.9 Å². The molecule has 29 heavy (non-hydrogen) atoms. The van der Waals surface area contributed by atoms with Crippen molar-refractivity contribution in [1.29, 1.82) is 0 Å². The van der Waals surface area contributed by atoms with Crippen molar-refractivity contribution in [2.45, 2.75) is 57.4 Å². The molecule has 1 unspecified atom stereocenters. The standard InChI is InChI=1S/C23H34N4O.HI/c1-24-22(25-17-23(12-13-23)15-18-7-3-2-4-8-18)26-20-11-14-27(16-20)21(28)19-9-5-6-10-19;/h2-4,7-8,19-20H,5-6,9-17H2,1H3,(H2,24,25,26);1H. The Morgan fingerprint density at radius 1 is 1.17 bits per heavy atom.